The van der Waals surface area contributed by atoms with Crippen molar-refractivity contribution < 1.29 is 5.11 Å². The van der Waals surface area contributed by atoms with Crippen molar-refractivity contribution in [3.05, 3.63) is 58.6 Å². The van der Waals surface area contributed by atoms with Crippen molar-refractivity contribution in [1.29, 1.82) is 0 Å². The van der Waals surface area contributed by atoms with E-state index in [2.05, 4.69) is 4.99 Å². The average molecular weight is 246 g/mol. The summed E-state index contributed by atoms with van der Waals surface area (Å²) in [5.74, 6) is 0.214. The Morgan fingerprint density at radius 1 is 1.18 bits per heavy atom. The van der Waals surface area contributed by atoms with Crippen LogP contribution in [0.1, 0.15) is 11.1 Å². The van der Waals surface area contributed by atoms with Crippen LogP contribution in [0.5, 0.6) is 5.75 Å². The Morgan fingerprint density at radius 3 is 2.71 bits per heavy atom. The van der Waals surface area contributed by atoms with Crippen molar-refractivity contribution in [2.45, 2.75) is 6.92 Å². The fraction of sp³-hybridized carbons (Fsp3) is 0.0714. The maximum absolute atomic E-state index is 9.66. The van der Waals surface area contributed by atoms with E-state index in [1.165, 1.54) is 0 Å². The maximum Gasteiger partial charge on any atom is 0.124 e. The third kappa shape index (κ3) is 2.86. The smallest absolute Gasteiger partial charge is 0.124 e. The quantitative estimate of drug-likeness (QED) is 0.794. The Balaban J connectivity index is 2.32. The van der Waals surface area contributed by atoms with Gasteiger partial charge >= 0.3 is 0 Å². The van der Waals surface area contributed by atoms with E-state index in [1.54, 1.807) is 18.3 Å². The second-order valence-corrected chi connectivity index (χ2v) is 4.18. The normalized spacial score (nSPS) is 10.9. The van der Waals surface area contributed by atoms with Gasteiger partial charge in [0.2, 0.25) is 0 Å². The second kappa shape index (κ2) is 5.02. The van der Waals surface area contributed by atoms with Gasteiger partial charge in [-0.2, -0.15) is 0 Å². The molecule has 0 atom stereocenters. The Labute approximate surface area is 105 Å². The van der Waals surface area contributed by atoms with Crippen LogP contribution in [0.3, 0.4) is 0 Å². The highest BCUT2D eigenvalue weighted by atomic mass is 35.5. The third-order valence-electron chi connectivity index (χ3n) is 2.38. The molecule has 2 nitrogen and oxygen atoms in total. The van der Waals surface area contributed by atoms with Gasteiger partial charge in [-0.1, -0.05) is 35.4 Å². The lowest BCUT2D eigenvalue weighted by Gasteiger charge is -2.00. The zero-order valence-electron chi connectivity index (χ0n) is 9.39. The fourth-order valence-electron chi connectivity index (χ4n) is 1.47. The highest BCUT2D eigenvalue weighted by molar-refractivity contribution is 6.33. The van der Waals surface area contributed by atoms with Crippen LogP contribution < -0.4 is 0 Å². The fourth-order valence-corrected chi connectivity index (χ4v) is 1.66. The minimum absolute atomic E-state index is 0.214. The van der Waals surface area contributed by atoms with Gasteiger partial charge in [0.05, 0.1) is 10.7 Å². The summed E-state index contributed by atoms with van der Waals surface area (Å²) in [4.78, 5) is 4.26. The first-order valence-corrected chi connectivity index (χ1v) is 5.63. The van der Waals surface area contributed by atoms with Crippen molar-refractivity contribution in [3.63, 3.8) is 0 Å². The molecule has 2 rings (SSSR count). The van der Waals surface area contributed by atoms with E-state index >= 15 is 0 Å². The first kappa shape index (κ1) is 11.7. The minimum Gasteiger partial charge on any atom is -0.507 e. The minimum atomic E-state index is 0.214. The molecule has 0 aromatic heterocycles. The number of phenolic OH excluding ortho intramolecular Hbond substituents is 1. The van der Waals surface area contributed by atoms with Crippen molar-refractivity contribution in [2.24, 2.45) is 4.99 Å². The van der Waals surface area contributed by atoms with Crippen molar-refractivity contribution in [2.75, 3.05) is 0 Å². The van der Waals surface area contributed by atoms with E-state index in [-0.39, 0.29) is 5.75 Å². The van der Waals surface area contributed by atoms with Gasteiger partial charge in [-0.3, -0.25) is 4.99 Å². The van der Waals surface area contributed by atoms with Crippen LogP contribution in [0, 0.1) is 6.92 Å². The maximum atomic E-state index is 9.66. The monoisotopic (exact) mass is 245 g/mol. The number of rotatable bonds is 2. The molecule has 0 spiro atoms. The average Bonchev–Trinajstić information content (AvgIpc) is 2.32. The molecule has 0 aliphatic heterocycles. The number of para-hydroxylation sites is 1. The number of nitrogens with zero attached hydrogens (tertiary/aromatic N) is 1. The van der Waals surface area contributed by atoms with Crippen LogP contribution >= 0.6 is 11.6 Å². The number of hydrogen-bond acceptors (Lipinski definition) is 2. The lowest BCUT2D eigenvalue weighted by Crippen LogP contribution is -1.83. The summed E-state index contributed by atoms with van der Waals surface area (Å²) in [6.07, 6.45) is 1.61. The van der Waals surface area contributed by atoms with Gasteiger partial charge in [-0.05, 0) is 31.2 Å². The molecule has 0 aliphatic rings. The molecule has 2 aromatic rings. The van der Waals surface area contributed by atoms with Crippen LogP contribution in [0.4, 0.5) is 5.69 Å². The Morgan fingerprint density at radius 2 is 1.94 bits per heavy atom. The molecule has 3 heteroatoms. The predicted molar refractivity (Wildman–Crippen MR) is 71.5 cm³/mol. The number of aliphatic imine (C=N–C) groups is 1. The molecule has 0 radical (unpaired) electrons. The van der Waals surface area contributed by atoms with Gasteiger partial charge in [0, 0.05) is 11.8 Å². The summed E-state index contributed by atoms with van der Waals surface area (Å²) < 4.78 is 0. The summed E-state index contributed by atoms with van der Waals surface area (Å²) in [5.41, 5.74) is 2.45. The second-order valence-electron chi connectivity index (χ2n) is 3.77. The molecule has 0 saturated heterocycles. The molecule has 0 amide bonds. The number of aromatic hydroxyl groups is 1. The molecule has 0 saturated carbocycles. The van der Waals surface area contributed by atoms with Gasteiger partial charge in [-0.25, -0.2) is 0 Å². The Bertz CT molecular complexity index is 564. The van der Waals surface area contributed by atoms with Crippen LogP contribution in [-0.4, -0.2) is 11.3 Å². The van der Waals surface area contributed by atoms with E-state index in [0.717, 1.165) is 5.56 Å². The summed E-state index contributed by atoms with van der Waals surface area (Å²) in [6, 6.07) is 12.7. The molecule has 86 valence electrons. The van der Waals surface area contributed by atoms with E-state index in [1.807, 2.05) is 37.3 Å². The van der Waals surface area contributed by atoms with Gasteiger partial charge in [-0.15, -0.1) is 0 Å². The van der Waals surface area contributed by atoms with Gasteiger partial charge in [0.1, 0.15) is 5.75 Å². The lowest BCUT2D eigenvalue weighted by molar-refractivity contribution is 0.474. The van der Waals surface area contributed by atoms with Gasteiger partial charge < -0.3 is 5.11 Å². The molecule has 0 unspecified atom stereocenters. The number of phenols is 1. The number of hydrogen-bond donors (Lipinski definition) is 1. The Kier molecular flexibility index (Phi) is 3.45. The number of halogens is 1. The van der Waals surface area contributed by atoms with Gasteiger partial charge in [0.15, 0.2) is 0 Å². The predicted octanol–water partition coefficient (Wildman–Crippen LogP) is 4.10. The molecule has 0 aliphatic carbocycles. The zero-order chi connectivity index (χ0) is 12.3. The van der Waals surface area contributed by atoms with Crippen LogP contribution in [0.15, 0.2) is 47.5 Å². The van der Waals surface area contributed by atoms with E-state index < -0.39 is 0 Å². The van der Waals surface area contributed by atoms with E-state index in [0.29, 0.717) is 16.3 Å². The molecular formula is C14H12ClNO. The lowest BCUT2D eigenvalue weighted by atomic mass is 10.1. The highest BCUT2D eigenvalue weighted by Crippen LogP contribution is 2.24. The largest absolute Gasteiger partial charge is 0.507 e. The topological polar surface area (TPSA) is 32.6 Å². The summed E-state index contributed by atoms with van der Waals surface area (Å²) >= 11 is 5.99. The van der Waals surface area contributed by atoms with E-state index in [4.69, 9.17) is 11.6 Å². The van der Waals surface area contributed by atoms with Crippen LogP contribution in [0.25, 0.3) is 0 Å². The van der Waals surface area contributed by atoms with E-state index in [9.17, 15) is 5.11 Å². The Hall–Kier alpha value is -1.80. The van der Waals surface area contributed by atoms with Crippen LogP contribution in [-0.2, 0) is 0 Å². The molecule has 2 aromatic carbocycles. The summed E-state index contributed by atoms with van der Waals surface area (Å²) in [6.45, 7) is 1.96. The molecular weight excluding hydrogens is 234 g/mol. The first-order chi connectivity index (χ1) is 8.16. The summed E-state index contributed by atoms with van der Waals surface area (Å²) in [7, 11) is 0. The molecule has 0 fully saturated rings. The van der Waals surface area contributed by atoms with Crippen molar-refractivity contribution >= 4 is 23.5 Å². The summed E-state index contributed by atoms with van der Waals surface area (Å²) in [5, 5.41) is 10.3. The van der Waals surface area contributed by atoms with Crippen molar-refractivity contribution in [1.82, 2.24) is 0 Å². The number of benzene rings is 2. The molecule has 17 heavy (non-hydrogen) atoms. The number of aryl methyl sites for hydroxylation is 1. The molecule has 0 heterocycles. The standard InChI is InChI=1S/C14H12ClNO/c1-10-6-7-14(17)11(8-10)9-16-13-5-3-2-4-12(13)15/h2-9,17H,1H3. The SMILES string of the molecule is Cc1ccc(O)c(C=Nc2ccccc2Cl)c1. The zero-order valence-corrected chi connectivity index (χ0v) is 10.1. The third-order valence-corrected chi connectivity index (χ3v) is 2.70. The highest BCUT2D eigenvalue weighted by Gasteiger charge is 1.99. The van der Waals surface area contributed by atoms with Crippen LogP contribution in [0.2, 0.25) is 5.02 Å². The molecule has 1 N–H and O–H groups in total. The van der Waals surface area contributed by atoms with Gasteiger partial charge in [0.25, 0.3) is 0 Å². The molecule has 0 bridgehead atoms. The van der Waals surface area contributed by atoms with Crippen molar-refractivity contribution in [3.8, 4) is 5.75 Å². The first-order valence-electron chi connectivity index (χ1n) is 5.25.